The van der Waals surface area contributed by atoms with Gasteiger partial charge in [-0.05, 0) is 6.07 Å². The fourth-order valence-corrected chi connectivity index (χ4v) is 1.56. The van der Waals surface area contributed by atoms with Gasteiger partial charge in [0.15, 0.2) is 0 Å². The summed E-state index contributed by atoms with van der Waals surface area (Å²) >= 11 is 2.90. The molecule has 1 aromatic rings. The van der Waals surface area contributed by atoms with Crippen molar-refractivity contribution in [3.8, 4) is 0 Å². The molecule has 0 saturated heterocycles. The largest absolute Gasteiger partial charge is 0.390 e. The molecule has 1 aromatic heterocycles. The fourth-order valence-electron chi connectivity index (χ4n) is 1.00. The fraction of sp³-hybridized carbons (Fsp3) is 0.375. The van der Waals surface area contributed by atoms with Crippen molar-refractivity contribution in [3.63, 3.8) is 0 Å². The van der Waals surface area contributed by atoms with Crippen LogP contribution in [0.1, 0.15) is 23.4 Å². The Bertz CT molecular complexity index is 333. The second-order valence-corrected chi connectivity index (χ2v) is 3.11. The molecular formula is C8H7BrF3NO. The van der Waals surface area contributed by atoms with Gasteiger partial charge in [-0.15, -0.1) is 0 Å². The van der Waals surface area contributed by atoms with E-state index in [0.29, 0.717) is 0 Å². The summed E-state index contributed by atoms with van der Waals surface area (Å²) in [4.78, 5) is 3.45. The van der Waals surface area contributed by atoms with Gasteiger partial charge < -0.3 is 5.11 Å². The predicted molar refractivity (Wildman–Crippen MR) is 47.7 cm³/mol. The maximum Gasteiger partial charge on any atom is 0.280 e. The Morgan fingerprint density at radius 2 is 2.14 bits per heavy atom. The molecule has 1 N–H and O–H groups in total. The number of nitrogens with zero attached hydrogens (tertiary/aromatic N) is 1. The minimum Gasteiger partial charge on any atom is -0.390 e. The van der Waals surface area contributed by atoms with Crippen LogP contribution in [-0.4, -0.2) is 10.1 Å². The molecule has 0 amide bonds. The Morgan fingerprint density at radius 1 is 1.50 bits per heavy atom. The molecule has 0 saturated carbocycles. The third-order valence-corrected chi connectivity index (χ3v) is 2.22. The molecule has 78 valence electrons. The van der Waals surface area contributed by atoms with Crippen molar-refractivity contribution in [1.29, 1.82) is 0 Å². The molecule has 1 rings (SSSR count). The van der Waals surface area contributed by atoms with Crippen LogP contribution in [0.15, 0.2) is 6.07 Å². The van der Waals surface area contributed by atoms with Crippen LogP contribution in [0.25, 0.3) is 0 Å². The summed E-state index contributed by atoms with van der Waals surface area (Å²) < 4.78 is 37.9. The third-order valence-electron chi connectivity index (χ3n) is 1.66. The smallest absolute Gasteiger partial charge is 0.280 e. The molecule has 0 aliphatic carbocycles. The van der Waals surface area contributed by atoms with Crippen LogP contribution in [0.3, 0.4) is 0 Å². The summed E-state index contributed by atoms with van der Waals surface area (Å²) in [5.74, 6) is -0.781. The van der Waals surface area contributed by atoms with E-state index in [1.807, 2.05) is 0 Å². The normalized spacial score (nSPS) is 11.0. The van der Waals surface area contributed by atoms with Gasteiger partial charge in [0.25, 0.3) is 6.43 Å². The van der Waals surface area contributed by atoms with Crippen molar-refractivity contribution < 1.29 is 18.3 Å². The van der Waals surface area contributed by atoms with Crippen molar-refractivity contribution >= 4 is 15.9 Å². The van der Waals surface area contributed by atoms with Crippen LogP contribution in [0, 0.1) is 5.82 Å². The van der Waals surface area contributed by atoms with Gasteiger partial charge in [-0.25, -0.2) is 18.2 Å². The average molecular weight is 270 g/mol. The molecular weight excluding hydrogens is 263 g/mol. The quantitative estimate of drug-likeness (QED) is 0.856. The highest BCUT2D eigenvalue weighted by molar-refractivity contribution is 9.08. The first-order valence-electron chi connectivity index (χ1n) is 3.73. The Hall–Kier alpha value is -0.620. The molecule has 0 aliphatic rings. The Labute approximate surface area is 86.9 Å². The number of alkyl halides is 3. The monoisotopic (exact) mass is 269 g/mol. The highest BCUT2D eigenvalue weighted by Crippen LogP contribution is 2.25. The zero-order valence-corrected chi connectivity index (χ0v) is 8.56. The first-order chi connectivity index (χ1) is 6.60. The van der Waals surface area contributed by atoms with E-state index < -0.39 is 24.5 Å². The summed E-state index contributed by atoms with van der Waals surface area (Å²) in [5, 5.41) is 8.62. The number of aliphatic hydroxyl groups excluding tert-OH is 1. The van der Waals surface area contributed by atoms with E-state index in [4.69, 9.17) is 5.11 Å². The van der Waals surface area contributed by atoms with E-state index in [9.17, 15) is 13.2 Å². The maximum absolute atomic E-state index is 13.1. The second-order valence-electron chi connectivity index (χ2n) is 2.55. The first kappa shape index (κ1) is 11.5. The summed E-state index contributed by atoms with van der Waals surface area (Å²) in [6, 6.07) is 0.947. The lowest BCUT2D eigenvalue weighted by atomic mass is 10.2. The lowest BCUT2D eigenvalue weighted by Crippen LogP contribution is -2.04. The average Bonchev–Trinajstić information content (AvgIpc) is 2.16. The molecule has 0 atom stereocenters. The van der Waals surface area contributed by atoms with Crippen LogP contribution < -0.4 is 0 Å². The van der Waals surface area contributed by atoms with Gasteiger partial charge in [0, 0.05) is 10.9 Å². The van der Waals surface area contributed by atoms with Gasteiger partial charge in [-0.3, -0.25) is 0 Å². The summed E-state index contributed by atoms with van der Waals surface area (Å²) in [6.45, 7) is -0.556. The number of pyridine rings is 1. The number of aromatic nitrogens is 1. The predicted octanol–water partition coefficient (Wildman–Crippen LogP) is 2.55. The van der Waals surface area contributed by atoms with Crippen molar-refractivity contribution in [2.75, 3.05) is 0 Å². The van der Waals surface area contributed by atoms with Gasteiger partial charge in [0.05, 0.1) is 12.3 Å². The van der Waals surface area contributed by atoms with E-state index in [1.54, 1.807) is 0 Å². The molecule has 0 spiro atoms. The van der Waals surface area contributed by atoms with Gasteiger partial charge in [-0.2, -0.15) is 0 Å². The Kier molecular flexibility index (Phi) is 3.88. The van der Waals surface area contributed by atoms with Crippen molar-refractivity contribution in [2.24, 2.45) is 0 Å². The number of halogens is 4. The summed E-state index contributed by atoms with van der Waals surface area (Å²) in [5.41, 5.74) is -0.884. The highest BCUT2D eigenvalue weighted by Gasteiger charge is 2.18. The summed E-state index contributed by atoms with van der Waals surface area (Å²) in [6.07, 6.45) is -2.84. The van der Waals surface area contributed by atoms with E-state index in [0.717, 1.165) is 6.07 Å². The minimum absolute atomic E-state index is 0.0305. The Balaban J connectivity index is 3.28. The van der Waals surface area contributed by atoms with Gasteiger partial charge in [0.2, 0.25) is 0 Å². The molecule has 0 aliphatic heterocycles. The topological polar surface area (TPSA) is 33.1 Å². The van der Waals surface area contributed by atoms with Crippen LogP contribution in [0.2, 0.25) is 0 Å². The highest BCUT2D eigenvalue weighted by atomic mass is 79.9. The second kappa shape index (κ2) is 4.75. The molecule has 14 heavy (non-hydrogen) atoms. The van der Waals surface area contributed by atoms with E-state index in [-0.39, 0.29) is 16.6 Å². The molecule has 0 fully saturated rings. The SMILES string of the molecule is OCc1cc(F)c(CBr)c(C(F)F)n1. The van der Waals surface area contributed by atoms with Crippen LogP contribution >= 0.6 is 15.9 Å². The molecule has 0 bridgehead atoms. The lowest BCUT2D eigenvalue weighted by molar-refractivity contribution is 0.143. The zero-order chi connectivity index (χ0) is 10.7. The van der Waals surface area contributed by atoms with Crippen LogP contribution in [-0.2, 0) is 11.9 Å². The van der Waals surface area contributed by atoms with E-state index >= 15 is 0 Å². The van der Waals surface area contributed by atoms with Crippen molar-refractivity contribution in [2.45, 2.75) is 18.4 Å². The lowest BCUT2D eigenvalue weighted by Gasteiger charge is -2.08. The number of rotatable bonds is 3. The standard InChI is InChI=1S/C8H7BrF3NO/c9-2-5-6(10)1-4(3-14)13-7(5)8(11)12/h1,8,14H,2-3H2. The first-order valence-corrected chi connectivity index (χ1v) is 4.85. The molecule has 0 radical (unpaired) electrons. The summed E-state index contributed by atoms with van der Waals surface area (Å²) in [7, 11) is 0. The minimum atomic E-state index is -2.84. The number of hydrogen-bond donors (Lipinski definition) is 1. The zero-order valence-electron chi connectivity index (χ0n) is 6.98. The van der Waals surface area contributed by atoms with Crippen LogP contribution in [0.5, 0.6) is 0 Å². The van der Waals surface area contributed by atoms with E-state index in [1.165, 1.54) is 0 Å². The molecule has 2 nitrogen and oxygen atoms in total. The van der Waals surface area contributed by atoms with Gasteiger partial charge in [0.1, 0.15) is 11.5 Å². The molecule has 0 unspecified atom stereocenters. The molecule has 1 heterocycles. The van der Waals surface area contributed by atoms with Crippen molar-refractivity contribution in [3.05, 3.63) is 28.8 Å². The van der Waals surface area contributed by atoms with Crippen molar-refractivity contribution in [1.82, 2.24) is 4.98 Å². The third kappa shape index (κ3) is 2.24. The Morgan fingerprint density at radius 3 is 2.57 bits per heavy atom. The van der Waals surface area contributed by atoms with Gasteiger partial charge >= 0.3 is 0 Å². The van der Waals surface area contributed by atoms with Crippen LogP contribution in [0.4, 0.5) is 13.2 Å². The van der Waals surface area contributed by atoms with Gasteiger partial charge in [-0.1, -0.05) is 15.9 Å². The maximum atomic E-state index is 13.1. The van der Waals surface area contributed by atoms with E-state index in [2.05, 4.69) is 20.9 Å². The molecule has 6 heteroatoms. The molecule has 0 aromatic carbocycles. The number of hydrogen-bond acceptors (Lipinski definition) is 2. The number of aliphatic hydroxyl groups is 1.